The van der Waals surface area contributed by atoms with Crippen LogP contribution < -0.4 is 10.6 Å². The average molecular weight is 451 g/mol. The van der Waals surface area contributed by atoms with E-state index in [-0.39, 0.29) is 0 Å². The van der Waals surface area contributed by atoms with Crippen molar-refractivity contribution in [1.29, 1.82) is 0 Å². The van der Waals surface area contributed by atoms with Gasteiger partial charge in [0.05, 0.1) is 11.9 Å². The lowest BCUT2D eigenvalue weighted by molar-refractivity contribution is 0.177. The molecule has 0 saturated carbocycles. The molecule has 0 spiro atoms. The van der Waals surface area contributed by atoms with E-state index in [1.807, 2.05) is 6.92 Å². The van der Waals surface area contributed by atoms with Crippen molar-refractivity contribution in [2.24, 2.45) is 0 Å². The number of hydrogen-bond donors (Lipinski definition) is 2. The molecule has 1 aliphatic rings. The van der Waals surface area contributed by atoms with Gasteiger partial charge in [-0.25, -0.2) is 9.18 Å². The number of nitrogens with zero attached hydrogens (tertiary/aromatic N) is 4. The molecule has 9 nitrogen and oxygen atoms in total. The fraction of sp³-hybridized carbons (Fsp3) is 0.400. The van der Waals surface area contributed by atoms with Crippen molar-refractivity contribution in [3.8, 4) is 0 Å². The van der Waals surface area contributed by atoms with E-state index in [1.165, 1.54) is 34.8 Å². The normalized spacial score (nSPS) is 15.8. The summed E-state index contributed by atoms with van der Waals surface area (Å²) >= 11 is 0. The van der Waals surface area contributed by atoms with Crippen LogP contribution in [0.15, 0.2) is 36.5 Å². The molecule has 168 valence electrons. The monoisotopic (exact) mass is 450 g/mol. The highest BCUT2D eigenvalue weighted by molar-refractivity contribution is 7.86. The second-order valence-electron chi connectivity index (χ2n) is 7.58. The maximum absolute atomic E-state index is 14.1. The van der Waals surface area contributed by atoms with Gasteiger partial charge in [-0.15, -0.1) is 0 Å². The Morgan fingerprint density at radius 1 is 1.10 bits per heavy atom. The van der Waals surface area contributed by atoms with Gasteiger partial charge < -0.3 is 10.6 Å². The third kappa shape index (κ3) is 6.20. The first-order chi connectivity index (χ1) is 14.6. The fourth-order valence-corrected chi connectivity index (χ4v) is 4.34. The van der Waals surface area contributed by atoms with Gasteiger partial charge in [-0.05, 0) is 42.8 Å². The van der Waals surface area contributed by atoms with Crippen LogP contribution in [0, 0.1) is 12.7 Å². The Labute approximate surface area is 182 Å². The Bertz CT molecular complexity index is 1020. The fourth-order valence-electron chi connectivity index (χ4n) is 3.26. The number of aromatic nitrogens is 1. The van der Waals surface area contributed by atoms with Gasteiger partial charge in [0.25, 0.3) is 10.2 Å². The molecule has 3 rings (SSSR count). The zero-order chi connectivity index (χ0) is 22.6. The molecule has 2 aromatic rings. The number of rotatable bonds is 6. The molecule has 1 aliphatic heterocycles. The third-order valence-corrected chi connectivity index (χ3v) is 6.85. The molecule has 1 aromatic carbocycles. The summed E-state index contributed by atoms with van der Waals surface area (Å²) in [5.41, 5.74) is 2.39. The third-order valence-electron chi connectivity index (χ3n) is 4.91. The van der Waals surface area contributed by atoms with Gasteiger partial charge >= 0.3 is 6.03 Å². The lowest BCUT2D eigenvalue weighted by atomic mass is 10.1. The van der Waals surface area contributed by atoms with Gasteiger partial charge in [0.1, 0.15) is 5.82 Å². The second-order valence-corrected chi connectivity index (χ2v) is 9.72. The van der Waals surface area contributed by atoms with Crippen molar-refractivity contribution in [3.05, 3.63) is 53.6 Å². The smallest absolute Gasteiger partial charge is 0.308 e. The quantitative estimate of drug-likeness (QED) is 0.702. The molecular weight excluding hydrogens is 423 g/mol. The Kier molecular flexibility index (Phi) is 7.21. The number of carbonyl (C=O) groups excluding carboxylic acids is 1. The van der Waals surface area contributed by atoms with Crippen LogP contribution >= 0.6 is 0 Å². The largest absolute Gasteiger partial charge is 0.323 e. The first-order valence-corrected chi connectivity index (χ1v) is 11.2. The minimum atomic E-state index is -3.43. The van der Waals surface area contributed by atoms with Crippen LogP contribution in [0.4, 0.5) is 20.6 Å². The highest BCUT2D eigenvalue weighted by Gasteiger charge is 2.28. The van der Waals surface area contributed by atoms with E-state index < -0.39 is 22.1 Å². The van der Waals surface area contributed by atoms with Gasteiger partial charge in [0.15, 0.2) is 0 Å². The summed E-state index contributed by atoms with van der Waals surface area (Å²) in [5.74, 6) is -0.460. The van der Waals surface area contributed by atoms with E-state index in [0.29, 0.717) is 49.7 Å². The Morgan fingerprint density at radius 2 is 1.77 bits per heavy atom. The second kappa shape index (κ2) is 9.69. The molecule has 11 heteroatoms. The van der Waals surface area contributed by atoms with Crippen molar-refractivity contribution >= 4 is 27.6 Å². The predicted octanol–water partition coefficient (Wildman–Crippen LogP) is 2.10. The van der Waals surface area contributed by atoms with Crippen LogP contribution in [0.3, 0.4) is 0 Å². The van der Waals surface area contributed by atoms with Crippen molar-refractivity contribution in [3.63, 3.8) is 0 Å². The first-order valence-electron chi connectivity index (χ1n) is 9.83. The van der Waals surface area contributed by atoms with Crippen LogP contribution in [-0.2, 0) is 16.8 Å². The number of pyridine rings is 1. The first kappa shape index (κ1) is 23.1. The summed E-state index contributed by atoms with van der Waals surface area (Å²) in [6, 6.07) is 7.38. The van der Waals surface area contributed by atoms with Crippen molar-refractivity contribution in [2.45, 2.75) is 13.5 Å². The molecule has 1 aromatic heterocycles. The molecule has 2 N–H and O–H groups in total. The summed E-state index contributed by atoms with van der Waals surface area (Å²) in [4.78, 5) is 18.4. The molecule has 0 unspecified atom stereocenters. The predicted molar refractivity (Wildman–Crippen MR) is 117 cm³/mol. The number of amides is 2. The lowest BCUT2D eigenvalue weighted by Crippen LogP contribution is -2.51. The van der Waals surface area contributed by atoms with Crippen LogP contribution in [0.25, 0.3) is 0 Å². The van der Waals surface area contributed by atoms with Gasteiger partial charge in [-0.2, -0.15) is 17.0 Å². The Hall–Kier alpha value is -2.60. The van der Waals surface area contributed by atoms with Gasteiger partial charge in [0, 0.05) is 58.2 Å². The van der Waals surface area contributed by atoms with Crippen LogP contribution in [0.5, 0.6) is 0 Å². The number of piperazine rings is 1. The maximum atomic E-state index is 14.1. The minimum absolute atomic E-state index is 0.335. The SMILES string of the molecule is Cc1ccc(NC(=O)Nc2cc(F)cc(CN3CCN(S(=O)(=O)N(C)C)CC3)c2)cn1. The van der Waals surface area contributed by atoms with E-state index in [9.17, 15) is 17.6 Å². The van der Waals surface area contributed by atoms with Crippen molar-refractivity contribution < 1.29 is 17.6 Å². The number of benzene rings is 1. The van der Waals surface area contributed by atoms with E-state index >= 15 is 0 Å². The lowest BCUT2D eigenvalue weighted by Gasteiger charge is -2.35. The summed E-state index contributed by atoms with van der Waals surface area (Å²) < 4.78 is 41.2. The molecule has 2 amide bonds. The maximum Gasteiger partial charge on any atom is 0.323 e. The molecule has 0 atom stereocenters. The topological polar surface area (TPSA) is 97.9 Å². The zero-order valence-electron chi connectivity index (χ0n) is 17.8. The van der Waals surface area contributed by atoms with E-state index in [2.05, 4.69) is 20.5 Å². The number of carbonyl (C=O) groups is 1. The molecular formula is C20H27FN6O3S. The summed E-state index contributed by atoms with van der Waals surface area (Å²) in [6.07, 6.45) is 1.54. The average Bonchev–Trinajstić information content (AvgIpc) is 2.69. The number of nitrogens with one attached hydrogen (secondary N) is 2. The number of urea groups is 1. The number of anilines is 2. The van der Waals surface area contributed by atoms with Gasteiger partial charge in [0.2, 0.25) is 0 Å². The Morgan fingerprint density at radius 3 is 2.39 bits per heavy atom. The summed E-state index contributed by atoms with van der Waals surface area (Å²) in [6.45, 7) is 4.10. The zero-order valence-corrected chi connectivity index (χ0v) is 18.6. The summed E-state index contributed by atoms with van der Waals surface area (Å²) in [7, 11) is -0.414. The van der Waals surface area contributed by atoms with Gasteiger partial charge in [-0.1, -0.05) is 0 Å². The molecule has 0 radical (unpaired) electrons. The molecule has 1 fully saturated rings. The molecule has 0 aliphatic carbocycles. The molecule has 31 heavy (non-hydrogen) atoms. The summed E-state index contributed by atoms with van der Waals surface area (Å²) in [5, 5.41) is 5.29. The number of hydrogen-bond acceptors (Lipinski definition) is 5. The van der Waals surface area contributed by atoms with Crippen molar-refractivity contribution in [2.75, 3.05) is 50.9 Å². The number of aryl methyl sites for hydroxylation is 1. The van der Waals surface area contributed by atoms with Crippen LogP contribution in [0.2, 0.25) is 0 Å². The molecule has 2 heterocycles. The van der Waals surface area contributed by atoms with Gasteiger partial charge in [-0.3, -0.25) is 9.88 Å². The number of halogens is 1. The molecule has 1 saturated heterocycles. The van der Waals surface area contributed by atoms with Crippen LogP contribution in [-0.4, -0.2) is 73.2 Å². The van der Waals surface area contributed by atoms with E-state index in [1.54, 1.807) is 24.4 Å². The minimum Gasteiger partial charge on any atom is -0.308 e. The van der Waals surface area contributed by atoms with Crippen LogP contribution in [0.1, 0.15) is 11.3 Å². The van der Waals surface area contributed by atoms with Crippen molar-refractivity contribution in [1.82, 2.24) is 18.5 Å². The van der Waals surface area contributed by atoms with E-state index in [4.69, 9.17) is 0 Å². The highest BCUT2D eigenvalue weighted by atomic mass is 32.2. The Balaban J connectivity index is 1.58. The standard InChI is InChI=1S/C20H27FN6O3S/c1-15-4-5-18(13-22-15)23-20(28)24-19-11-16(10-17(21)12-19)14-26-6-8-27(9-7-26)31(29,30)25(2)3/h4-5,10-13H,6-9,14H2,1-3H3,(H2,23,24,28). The highest BCUT2D eigenvalue weighted by Crippen LogP contribution is 2.18. The molecule has 0 bridgehead atoms. The van der Waals surface area contributed by atoms with E-state index in [0.717, 1.165) is 5.69 Å².